The van der Waals surface area contributed by atoms with Crippen molar-refractivity contribution < 1.29 is 21.2 Å². The normalized spacial score (nSPS) is 19.9. The van der Waals surface area contributed by atoms with Crippen molar-refractivity contribution in [1.82, 2.24) is 4.72 Å². The monoisotopic (exact) mass is 322 g/mol. The van der Waals surface area contributed by atoms with Crippen molar-refractivity contribution in [2.24, 2.45) is 0 Å². The van der Waals surface area contributed by atoms with E-state index in [9.17, 15) is 21.2 Å². The first-order chi connectivity index (χ1) is 9.20. The molecule has 20 heavy (non-hydrogen) atoms. The summed E-state index contributed by atoms with van der Waals surface area (Å²) in [6, 6.07) is 2.77. The zero-order valence-electron chi connectivity index (χ0n) is 10.5. The standard InChI is InChI=1S/C11H15FN2O4S2/c12-10-7-9(1-2-11(10)13)20(17,18)14-8-3-5-19(15,16)6-4-8/h1-2,7-8,14H,3-6,13H2. The molecule has 0 saturated carbocycles. The molecule has 1 fully saturated rings. The molecule has 6 nitrogen and oxygen atoms in total. The van der Waals surface area contributed by atoms with Gasteiger partial charge < -0.3 is 5.73 Å². The number of hydrogen-bond donors (Lipinski definition) is 2. The lowest BCUT2D eigenvalue weighted by atomic mass is 10.2. The Morgan fingerprint density at radius 1 is 1.25 bits per heavy atom. The predicted octanol–water partition coefficient (Wildman–Crippen LogP) is 0.263. The minimum Gasteiger partial charge on any atom is -0.396 e. The second kappa shape index (κ2) is 5.30. The van der Waals surface area contributed by atoms with Crippen molar-refractivity contribution in [3.8, 4) is 0 Å². The van der Waals surface area contributed by atoms with E-state index in [1.165, 1.54) is 12.1 Å². The zero-order chi connectivity index (χ0) is 15.0. The molecule has 2 rings (SSSR count). The molecule has 0 amide bonds. The molecule has 1 heterocycles. The molecule has 0 aromatic heterocycles. The molecular formula is C11H15FN2O4S2. The lowest BCUT2D eigenvalue weighted by Crippen LogP contribution is -2.40. The van der Waals surface area contributed by atoms with Crippen LogP contribution in [0.3, 0.4) is 0 Å². The Morgan fingerprint density at radius 2 is 1.85 bits per heavy atom. The van der Waals surface area contributed by atoms with E-state index in [0.29, 0.717) is 0 Å². The summed E-state index contributed by atoms with van der Waals surface area (Å²) in [4.78, 5) is -0.224. The second-order valence-electron chi connectivity index (χ2n) is 4.73. The van der Waals surface area contributed by atoms with Crippen molar-refractivity contribution in [3.63, 3.8) is 0 Å². The minimum absolute atomic E-state index is 0.0454. The first-order valence-corrected chi connectivity index (χ1v) is 9.28. The Balaban J connectivity index is 2.13. The SMILES string of the molecule is Nc1ccc(S(=O)(=O)NC2CCS(=O)(=O)CC2)cc1F. The lowest BCUT2D eigenvalue weighted by molar-refractivity contribution is 0.505. The highest BCUT2D eigenvalue weighted by Crippen LogP contribution is 2.19. The van der Waals surface area contributed by atoms with E-state index >= 15 is 0 Å². The number of rotatable bonds is 3. The van der Waals surface area contributed by atoms with Gasteiger partial charge in [0.2, 0.25) is 10.0 Å². The van der Waals surface area contributed by atoms with Crippen molar-refractivity contribution in [2.75, 3.05) is 17.2 Å². The van der Waals surface area contributed by atoms with Crippen LogP contribution in [0.1, 0.15) is 12.8 Å². The van der Waals surface area contributed by atoms with Crippen molar-refractivity contribution >= 4 is 25.5 Å². The van der Waals surface area contributed by atoms with E-state index in [1.807, 2.05) is 0 Å². The molecule has 0 bridgehead atoms. The summed E-state index contributed by atoms with van der Waals surface area (Å²) in [5.41, 5.74) is 5.16. The third-order valence-corrected chi connectivity index (χ3v) is 6.39. The van der Waals surface area contributed by atoms with Crippen LogP contribution in [0.15, 0.2) is 23.1 Å². The number of hydrogen-bond acceptors (Lipinski definition) is 5. The van der Waals surface area contributed by atoms with Gasteiger partial charge in [-0.05, 0) is 31.0 Å². The van der Waals surface area contributed by atoms with E-state index in [4.69, 9.17) is 5.73 Å². The Labute approximate surface area is 117 Å². The summed E-state index contributed by atoms with van der Waals surface area (Å²) in [5, 5.41) is 0. The summed E-state index contributed by atoms with van der Waals surface area (Å²) < 4.78 is 62.4. The molecular weight excluding hydrogens is 307 g/mol. The summed E-state index contributed by atoms with van der Waals surface area (Å²) in [6.45, 7) is 0. The highest BCUT2D eigenvalue weighted by atomic mass is 32.2. The van der Waals surface area contributed by atoms with Crippen LogP contribution in [0.5, 0.6) is 0 Å². The Kier molecular flexibility index (Phi) is 4.03. The van der Waals surface area contributed by atoms with Crippen molar-refractivity contribution in [2.45, 2.75) is 23.8 Å². The first-order valence-electron chi connectivity index (χ1n) is 5.97. The third-order valence-electron chi connectivity index (χ3n) is 3.16. The van der Waals surface area contributed by atoms with Gasteiger partial charge in [-0.2, -0.15) is 0 Å². The van der Waals surface area contributed by atoms with Crippen LogP contribution >= 0.6 is 0 Å². The van der Waals surface area contributed by atoms with Crippen LogP contribution in [0.25, 0.3) is 0 Å². The molecule has 1 aromatic carbocycles. The van der Waals surface area contributed by atoms with Crippen LogP contribution in [-0.2, 0) is 19.9 Å². The van der Waals surface area contributed by atoms with Gasteiger partial charge >= 0.3 is 0 Å². The first kappa shape index (κ1) is 15.2. The molecule has 0 atom stereocenters. The van der Waals surface area contributed by atoms with E-state index < -0.39 is 31.7 Å². The highest BCUT2D eigenvalue weighted by Gasteiger charge is 2.27. The third kappa shape index (κ3) is 3.47. The van der Waals surface area contributed by atoms with Gasteiger partial charge in [0, 0.05) is 6.04 Å². The van der Waals surface area contributed by atoms with Gasteiger partial charge in [0.05, 0.1) is 22.1 Å². The smallest absolute Gasteiger partial charge is 0.240 e. The number of benzene rings is 1. The average molecular weight is 322 g/mol. The molecule has 1 saturated heterocycles. The van der Waals surface area contributed by atoms with Gasteiger partial charge in [0.1, 0.15) is 15.7 Å². The van der Waals surface area contributed by atoms with E-state index in [0.717, 1.165) is 6.07 Å². The fourth-order valence-electron chi connectivity index (χ4n) is 1.97. The van der Waals surface area contributed by atoms with Crippen molar-refractivity contribution in [1.29, 1.82) is 0 Å². The number of anilines is 1. The number of halogens is 1. The maximum Gasteiger partial charge on any atom is 0.240 e. The number of nitrogens with one attached hydrogen (secondary N) is 1. The van der Waals surface area contributed by atoms with E-state index in [2.05, 4.69) is 4.72 Å². The molecule has 0 radical (unpaired) electrons. The average Bonchev–Trinajstić information content (AvgIpc) is 2.35. The molecule has 1 aliphatic heterocycles. The van der Waals surface area contributed by atoms with Gasteiger partial charge in [0.25, 0.3) is 0 Å². The summed E-state index contributed by atoms with van der Waals surface area (Å²) in [6.07, 6.45) is 0.442. The van der Waals surface area contributed by atoms with Gasteiger partial charge in [-0.15, -0.1) is 0 Å². The van der Waals surface area contributed by atoms with Gasteiger partial charge in [0.15, 0.2) is 0 Å². The molecule has 1 aliphatic rings. The van der Waals surface area contributed by atoms with Crippen molar-refractivity contribution in [3.05, 3.63) is 24.0 Å². The molecule has 3 N–H and O–H groups in total. The largest absolute Gasteiger partial charge is 0.396 e. The maximum atomic E-state index is 13.3. The van der Waals surface area contributed by atoms with Crippen LogP contribution in [0.4, 0.5) is 10.1 Å². The van der Waals surface area contributed by atoms with Gasteiger partial charge in [-0.3, -0.25) is 0 Å². The molecule has 9 heteroatoms. The minimum atomic E-state index is -3.88. The zero-order valence-corrected chi connectivity index (χ0v) is 12.2. The quantitative estimate of drug-likeness (QED) is 0.777. The predicted molar refractivity (Wildman–Crippen MR) is 72.8 cm³/mol. The number of nitrogen functional groups attached to an aromatic ring is 1. The van der Waals surface area contributed by atoms with Crippen LogP contribution in [-0.4, -0.2) is 34.4 Å². The summed E-state index contributed by atoms with van der Waals surface area (Å²) >= 11 is 0. The Morgan fingerprint density at radius 3 is 2.40 bits per heavy atom. The number of sulfone groups is 1. The second-order valence-corrected chi connectivity index (χ2v) is 8.75. The fraction of sp³-hybridized carbons (Fsp3) is 0.455. The molecule has 0 unspecified atom stereocenters. The van der Waals surface area contributed by atoms with Gasteiger partial charge in [-0.1, -0.05) is 0 Å². The van der Waals surface area contributed by atoms with E-state index in [1.54, 1.807) is 0 Å². The van der Waals surface area contributed by atoms with Crippen LogP contribution < -0.4 is 10.5 Å². The molecule has 0 aliphatic carbocycles. The van der Waals surface area contributed by atoms with Gasteiger partial charge in [-0.25, -0.2) is 25.9 Å². The Hall–Kier alpha value is -1.19. The maximum absolute atomic E-state index is 13.3. The number of nitrogens with two attached hydrogens (primary N) is 1. The highest BCUT2D eigenvalue weighted by molar-refractivity contribution is 7.91. The molecule has 112 valence electrons. The van der Waals surface area contributed by atoms with E-state index in [-0.39, 0.29) is 34.9 Å². The molecule has 0 spiro atoms. The van der Waals surface area contributed by atoms with Crippen LogP contribution in [0, 0.1) is 5.82 Å². The summed E-state index contributed by atoms with van der Waals surface area (Å²) in [7, 11) is -6.94. The van der Waals surface area contributed by atoms with Crippen LogP contribution in [0.2, 0.25) is 0 Å². The lowest BCUT2D eigenvalue weighted by Gasteiger charge is -2.22. The topological polar surface area (TPSA) is 106 Å². The Bertz CT molecular complexity index is 702. The summed E-state index contributed by atoms with van der Waals surface area (Å²) in [5.74, 6) is -0.897. The molecule has 1 aromatic rings. The fourth-order valence-corrected chi connectivity index (χ4v) is 4.78. The number of sulfonamides is 1.